The van der Waals surface area contributed by atoms with Crippen LogP contribution < -0.4 is 10.1 Å². The number of H-pyrrole nitrogens is 1. The number of pyridine rings is 2. The first-order valence-corrected chi connectivity index (χ1v) is 10.0. The lowest BCUT2D eigenvalue weighted by molar-refractivity contribution is 0.398. The molecule has 0 atom stereocenters. The van der Waals surface area contributed by atoms with Crippen LogP contribution in [0.5, 0.6) is 5.88 Å². The van der Waals surface area contributed by atoms with Crippen molar-refractivity contribution in [1.82, 2.24) is 24.7 Å². The fourth-order valence-electron chi connectivity index (χ4n) is 3.44. The Morgan fingerprint density at radius 2 is 1.87 bits per heavy atom. The van der Waals surface area contributed by atoms with E-state index in [0.717, 1.165) is 39.0 Å². The van der Waals surface area contributed by atoms with Gasteiger partial charge in [0, 0.05) is 54.4 Å². The molecule has 4 heterocycles. The van der Waals surface area contributed by atoms with Crippen molar-refractivity contribution in [3.63, 3.8) is 0 Å². The Labute approximate surface area is 183 Å². The summed E-state index contributed by atoms with van der Waals surface area (Å²) in [6.45, 7) is 0. The zero-order valence-corrected chi connectivity index (χ0v) is 17.7. The second kappa shape index (κ2) is 7.77. The maximum absolute atomic E-state index is 6.55. The summed E-state index contributed by atoms with van der Waals surface area (Å²) in [7, 11) is 3.50. The molecule has 154 valence electrons. The average molecular weight is 431 g/mol. The zero-order valence-electron chi connectivity index (χ0n) is 16.9. The molecule has 0 aliphatic carbocycles. The predicted octanol–water partition coefficient (Wildman–Crippen LogP) is 5.43. The molecule has 31 heavy (non-hydrogen) atoms. The van der Waals surface area contributed by atoms with Crippen LogP contribution in [0.2, 0.25) is 5.02 Å². The molecule has 0 unspecified atom stereocenters. The van der Waals surface area contributed by atoms with Gasteiger partial charge in [0.15, 0.2) is 0 Å². The number of aryl methyl sites for hydroxylation is 1. The maximum atomic E-state index is 6.55. The molecule has 1 aromatic carbocycles. The monoisotopic (exact) mass is 430 g/mol. The van der Waals surface area contributed by atoms with Crippen LogP contribution in [0.25, 0.3) is 33.3 Å². The molecule has 7 nitrogen and oxygen atoms in total. The van der Waals surface area contributed by atoms with E-state index >= 15 is 0 Å². The normalized spacial score (nSPS) is 11.1. The van der Waals surface area contributed by atoms with Crippen molar-refractivity contribution in [1.29, 1.82) is 0 Å². The third-order valence-corrected chi connectivity index (χ3v) is 5.34. The molecule has 5 aromatic rings. The molecule has 0 spiro atoms. The van der Waals surface area contributed by atoms with Crippen molar-refractivity contribution in [3.8, 4) is 28.3 Å². The van der Waals surface area contributed by atoms with E-state index in [1.165, 1.54) is 0 Å². The van der Waals surface area contributed by atoms with Gasteiger partial charge in [0.25, 0.3) is 0 Å². The highest BCUT2D eigenvalue weighted by Crippen LogP contribution is 2.32. The number of halogens is 1. The molecule has 0 amide bonds. The van der Waals surface area contributed by atoms with Crippen molar-refractivity contribution >= 4 is 34.0 Å². The van der Waals surface area contributed by atoms with Crippen molar-refractivity contribution in [2.45, 2.75) is 0 Å². The number of aromatic amines is 1. The zero-order chi connectivity index (χ0) is 21.4. The SMILES string of the molecule is COc1cc(-c2ccc(Nc3cc4[nH]c(-c5cnn(C)c5)cc4cn3)c(Cl)c2)ccn1. The molecule has 0 aliphatic rings. The van der Waals surface area contributed by atoms with E-state index in [4.69, 9.17) is 16.3 Å². The van der Waals surface area contributed by atoms with E-state index in [0.29, 0.717) is 16.7 Å². The molecule has 8 heteroatoms. The summed E-state index contributed by atoms with van der Waals surface area (Å²) in [5, 5.41) is 9.15. The first-order chi connectivity index (χ1) is 15.1. The minimum Gasteiger partial charge on any atom is -0.481 e. The smallest absolute Gasteiger partial charge is 0.213 e. The molecule has 0 bridgehead atoms. The highest BCUT2D eigenvalue weighted by molar-refractivity contribution is 6.33. The number of aromatic nitrogens is 5. The van der Waals surface area contributed by atoms with Gasteiger partial charge < -0.3 is 15.0 Å². The summed E-state index contributed by atoms with van der Waals surface area (Å²) in [6.07, 6.45) is 7.34. The Kier molecular flexibility index (Phi) is 4.80. The van der Waals surface area contributed by atoms with E-state index in [2.05, 4.69) is 31.4 Å². The number of fused-ring (bicyclic) bond motifs is 1. The van der Waals surface area contributed by atoms with E-state index in [1.54, 1.807) is 18.0 Å². The van der Waals surface area contributed by atoms with Crippen LogP contribution in [0, 0.1) is 0 Å². The van der Waals surface area contributed by atoms with Crippen molar-refractivity contribution < 1.29 is 4.74 Å². The molecule has 0 saturated heterocycles. The van der Waals surface area contributed by atoms with Crippen LogP contribution >= 0.6 is 11.6 Å². The first-order valence-electron chi connectivity index (χ1n) is 9.64. The number of nitrogens with one attached hydrogen (secondary N) is 2. The van der Waals surface area contributed by atoms with E-state index < -0.39 is 0 Å². The third kappa shape index (κ3) is 3.83. The third-order valence-electron chi connectivity index (χ3n) is 5.03. The molecular weight excluding hydrogens is 412 g/mol. The van der Waals surface area contributed by atoms with Gasteiger partial charge in [-0.15, -0.1) is 0 Å². The second-order valence-corrected chi connectivity index (χ2v) is 7.56. The van der Waals surface area contributed by atoms with Crippen molar-refractivity contribution in [3.05, 3.63) is 72.3 Å². The van der Waals surface area contributed by atoms with Crippen LogP contribution in [-0.2, 0) is 7.05 Å². The highest BCUT2D eigenvalue weighted by atomic mass is 35.5. The Morgan fingerprint density at radius 3 is 2.65 bits per heavy atom. The lowest BCUT2D eigenvalue weighted by atomic mass is 10.1. The van der Waals surface area contributed by atoms with E-state index in [-0.39, 0.29) is 0 Å². The molecule has 5 rings (SSSR count). The predicted molar refractivity (Wildman–Crippen MR) is 123 cm³/mol. The molecule has 0 saturated carbocycles. The fourth-order valence-corrected chi connectivity index (χ4v) is 3.67. The van der Waals surface area contributed by atoms with Gasteiger partial charge in [0.2, 0.25) is 5.88 Å². The Morgan fingerprint density at radius 1 is 1.00 bits per heavy atom. The van der Waals surface area contributed by atoms with Crippen LogP contribution in [0.4, 0.5) is 11.5 Å². The van der Waals surface area contributed by atoms with Gasteiger partial charge in [-0.1, -0.05) is 17.7 Å². The van der Waals surface area contributed by atoms with Crippen LogP contribution in [-0.4, -0.2) is 31.8 Å². The molecule has 4 aromatic heterocycles. The summed E-state index contributed by atoms with van der Waals surface area (Å²) in [5.74, 6) is 1.26. The van der Waals surface area contributed by atoms with Crippen LogP contribution in [0.1, 0.15) is 0 Å². The van der Waals surface area contributed by atoms with Gasteiger partial charge in [-0.05, 0) is 35.4 Å². The lowest BCUT2D eigenvalue weighted by Gasteiger charge is -2.10. The number of ether oxygens (including phenoxy) is 1. The standard InChI is InChI=1S/C23H19ClN6O/c1-30-13-17(12-27-30)20-8-16-11-26-22(10-21(16)28-20)29-19-4-3-14(7-18(19)24)15-5-6-25-23(9-15)31-2/h3-13,28H,1-2H3,(H,26,29). The number of nitrogens with zero attached hydrogens (tertiary/aromatic N) is 4. The summed E-state index contributed by atoms with van der Waals surface area (Å²) in [4.78, 5) is 12.1. The van der Waals surface area contributed by atoms with Crippen LogP contribution in [0.3, 0.4) is 0 Å². The number of rotatable bonds is 5. The van der Waals surface area contributed by atoms with Gasteiger partial charge in [0.1, 0.15) is 5.82 Å². The molecule has 0 fully saturated rings. The van der Waals surface area contributed by atoms with Gasteiger partial charge in [-0.3, -0.25) is 4.68 Å². The summed E-state index contributed by atoms with van der Waals surface area (Å²) in [5.41, 5.74) is 5.74. The van der Waals surface area contributed by atoms with Gasteiger partial charge in [-0.2, -0.15) is 5.10 Å². The maximum Gasteiger partial charge on any atom is 0.213 e. The molecule has 2 N–H and O–H groups in total. The topological polar surface area (TPSA) is 80.6 Å². The van der Waals surface area contributed by atoms with Crippen molar-refractivity contribution in [2.75, 3.05) is 12.4 Å². The highest BCUT2D eigenvalue weighted by Gasteiger charge is 2.09. The second-order valence-electron chi connectivity index (χ2n) is 7.15. The van der Waals surface area contributed by atoms with Gasteiger partial charge in [0.05, 0.1) is 29.5 Å². The Balaban J connectivity index is 1.41. The van der Waals surface area contributed by atoms with E-state index in [9.17, 15) is 0 Å². The number of hydrogen-bond donors (Lipinski definition) is 2. The quantitative estimate of drug-likeness (QED) is 0.388. The summed E-state index contributed by atoms with van der Waals surface area (Å²) < 4.78 is 6.98. The molecule has 0 aliphatic heterocycles. The summed E-state index contributed by atoms with van der Waals surface area (Å²) >= 11 is 6.55. The molecule has 0 radical (unpaired) electrons. The summed E-state index contributed by atoms with van der Waals surface area (Å²) in [6, 6.07) is 13.7. The Bertz CT molecular complexity index is 1390. The minimum atomic E-state index is 0.560. The van der Waals surface area contributed by atoms with Gasteiger partial charge in [-0.25, -0.2) is 9.97 Å². The number of benzene rings is 1. The Hall–Kier alpha value is -3.84. The first kappa shape index (κ1) is 19.1. The fraction of sp³-hybridized carbons (Fsp3) is 0.0870. The van der Waals surface area contributed by atoms with Crippen molar-refractivity contribution in [2.24, 2.45) is 7.05 Å². The van der Waals surface area contributed by atoms with E-state index in [1.807, 2.05) is 62.0 Å². The minimum absolute atomic E-state index is 0.560. The lowest BCUT2D eigenvalue weighted by Crippen LogP contribution is -1.94. The van der Waals surface area contributed by atoms with Gasteiger partial charge >= 0.3 is 0 Å². The molecular formula is C23H19ClN6O. The number of methoxy groups -OCH3 is 1. The van der Waals surface area contributed by atoms with Crippen LogP contribution in [0.15, 0.2) is 67.3 Å². The average Bonchev–Trinajstić information content (AvgIpc) is 3.41. The number of hydrogen-bond acceptors (Lipinski definition) is 5. The number of anilines is 2. The largest absolute Gasteiger partial charge is 0.481 e.